The zero-order valence-electron chi connectivity index (χ0n) is 22.9. The second-order valence-corrected chi connectivity index (χ2v) is 8.67. The average molecular weight is 596 g/mol. The Kier molecular flexibility index (Phi) is 10.2. The van der Waals surface area contributed by atoms with E-state index < -0.39 is 40.0 Å². The Morgan fingerprint density at radius 3 is 2.37 bits per heavy atom. The topological polar surface area (TPSA) is 141 Å². The largest absolute Gasteiger partial charge is 0.490 e. The maximum atomic E-state index is 13.2. The number of halogens is 3. The second-order valence-electron chi connectivity index (χ2n) is 8.67. The van der Waals surface area contributed by atoms with Gasteiger partial charge in [0, 0.05) is 17.3 Å². The molecule has 10 nitrogen and oxygen atoms in total. The molecule has 0 unspecified atom stereocenters. The fourth-order valence-electron chi connectivity index (χ4n) is 3.81. The molecule has 0 bridgehead atoms. The number of nitrogens with one attached hydrogen (secondary N) is 1. The van der Waals surface area contributed by atoms with Crippen molar-refractivity contribution in [2.24, 2.45) is 0 Å². The highest BCUT2D eigenvalue weighted by atomic mass is 19.4. The van der Waals surface area contributed by atoms with Crippen molar-refractivity contribution in [2.75, 3.05) is 19.0 Å². The van der Waals surface area contributed by atoms with Gasteiger partial charge in [0.15, 0.2) is 11.5 Å². The number of nitrogens with zero attached hydrogens (tertiary/aromatic N) is 2. The number of carbonyl (C=O) groups excluding carboxylic acids is 2. The summed E-state index contributed by atoms with van der Waals surface area (Å²) in [6.07, 6.45) is -1.91. The molecule has 0 saturated carbocycles. The summed E-state index contributed by atoms with van der Waals surface area (Å²) in [6, 6.07) is 12.4. The number of rotatable bonds is 11. The highest BCUT2D eigenvalue weighted by Crippen LogP contribution is 2.42. The Hall–Kier alpha value is -5.64. The lowest BCUT2D eigenvalue weighted by atomic mass is 10.0. The number of nitro benzene ring substituents is 1. The summed E-state index contributed by atoms with van der Waals surface area (Å²) in [5.74, 6) is -1.73. The average Bonchev–Trinajstić information content (AvgIpc) is 2.97. The number of anilines is 1. The van der Waals surface area contributed by atoms with Gasteiger partial charge in [-0.1, -0.05) is 6.08 Å². The van der Waals surface area contributed by atoms with E-state index in [0.29, 0.717) is 28.9 Å². The first-order valence-electron chi connectivity index (χ1n) is 12.5. The van der Waals surface area contributed by atoms with E-state index in [1.165, 1.54) is 55.7 Å². The van der Waals surface area contributed by atoms with E-state index in [1.807, 2.05) is 6.07 Å². The van der Waals surface area contributed by atoms with Crippen LogP contribution in [0.15, 0.2) is 72.8 Å². The van der Waals surface area contributed by atoms with Gasteiger partial charge in [-0.2, -0.15) is 18.4 Å². The van der Waals surface area contributed by atoms with Crippen LogP contribution in [0.1, 0.15) is 34.0 Å². The third-order valence-electron chi connectivity index (χ3n) is 5.75. The van der Waals surface area contributed by atoms with Crippen molar-refractivity contribution in [1.29, 1.82) is 5.26 Å². The van der Waals surface area contributed by atoms with Crippen LogP contribution in [0, 0.1) is 21.4 Å². The van der Waals surface area contributed by atoms with Gasteiger partial charge in [-0.05, 0) is 73.5 Å². The minimum atomic E-state index is -4.81. The summed E-state index contributed by atoms with van der Waals surface area (Å²) in [7, 11) is 1.23. The molecule has 0 aliphatic carbocycles. The molecule has 0 heterocycles. The summed E-state index contributed by atoms with van der Waals surface area (Å²) in [6.45, 7) is 5.44. The predicted octanol–water partition coefficient (Wildman–Crippen LogP) is 6.87. The number of amides is 1. The smallest absolute Gasteiger partial charge is 0.416 e. The predicted molar refractivity (Wildman–Crippen MR) is 150 cm³/mol. The summed E-state index contributed by atoms with van der Waals surface area (Å²) >= 11 is 0. The molecule has 1 N–H and O–H groups in total. The number of nitriles is 1. The van der Waals surface area contributed by atoms with E-state index in [0.717, 1.165) is 6.07 Å². The minimum Gasteiger partial charge on any atom is -0.490 e. The second kappa shape index (κ2) is 13.8. The maximum absolute atomic E-state index is 13.2. The van der Waals surface area contributed by atoms with Gasteiger partial charge < -0.3 is 19.5 Å². The van der Waals surface area contributed by atoms with Crippen molar-refractivity contribution >= 4 is 29.3 Å². The molecule has 0 aromatic heterocycles. The molecule has 0 saturated heterocycles. The van der Waals surface area contributed by atoms with Gasteiger partial charge in [-0.15, -0.1) is 6.58 Å². The molecule has 0 aliphatic rings. The molecule has 0 spiro atoms. The van der Waals surface area contributed by atoms with Crippen molar-refractivity contribution in [1.82, 2.24) is 0 Å². The zero-order valence-corrected chi connectivity index (χ0v) is 22.9. The maximum Gasteiger partial charge on any atom is 0.416 e. The van der Waals surface area contributed by atoms with Gasteiger partial charge >= 0.3 is 17.8 Å². The number of esters is 1. The minimum absolute atomic E-state index is 0.0181. The normalized spacial score (nSPS) is 11.2. The van der Waals surface area contributed by atoms with E-state index in [1.54, 1.807) is 6.92 Å². The number of hydrogen-bond donors (Lipinski definition) is 1. The van der Waals surface area contributed by atoms with E-state index in [4.69, 9.17) is 9.47 Å². The molecule has 3 aromatic rings. The summed E-state index contributed by atoms with van der Waals surface area (Å²) in [5, 5.41) is 23.8. The Morgan fingerprint density at radius 1 is 1.12 bits per heavy atom. The van der Waals surface area contributed by atoms with Gasteiger partial charge in [0.2, 0.25) is 5.75 Å². The van der Waals surface area contributed by atoms with Gasteiger partial charge in [-0.3, -0.25) is 14.9 Å². The van der Waals surface area contributed by atoms with Crippen molar-refractivity contribution in [2.45, 2.75) is 19.5 Å². The monoisotopic (exact) mass is 595 g/mol. The summed E-state index contributed by atoms with van der Waals surface area (Å²) in [5.41, 5.74) is -1.17. The fraction of sp³-hybridized carbons (Fsp3) is 0.167. The van der Waals surface area contributed by atoms with Crippen LogP contribution in [0.3, 0.4) is 0 Å². The molecule has 3 rings (SSSR count). The zero-order chi connectivity index (χ0) is 31.7. The highest BCUT2D eigenvalue weighted by Gasteiger charge is 2.34. The number of carbonyl (C=O) groups is 2. The molecule has 0 fully saturated rings. The van der Waals surface area contributed by atoms with Gasteiger partial charge in [0.25, 0.3) is 5.91 Å². The Bertz CT molecular complexity index is 1630. The Morgan fingerprint density at radius 2 is 1.81 bits per heavy atom. The van der Waals surface area contributed by atoms with Crippen LogP contribution in [0.2, 0.25) is 0 Å². The lowest BCUT2D eigenvalue weighted by molar-refractivity contribution is -0.385. The standard InChI is InChI=1S/C30H24F3N3O7/c1-4-6-20-13-18(14-21(17-34)28(37)35-23-10-7-19(8-11-23)29(38)41-3)15-26(42-5-2)27(20)43-25-12-9-22(30(31,32)33)16-24(25)36(39)40/h4,7-16H,1,5-6H2,2-3H3,(H,35,37)/b21-14+. The quantitative estimate of drug-likeness (QED) is 0.0633. The van der Waals surface area contributed by atoms with Crippen molar-refractivity contribution in [3.63, 3.8) is 0 Å². The molecule has 3 aromatic carbocycles. The number of benzene rings is 3. The molecule has 0 atom stereocenters. The number of methoxy groups -OCH3 is 1. The van der Waals surface area contributed by atoms with Gasteiger partial charge in [-0.25, -0.2) is 4.79 Å². The van der Waals surface area contributed by atoms with Crippen LogP contribution in [-0.2, 0) is 22.1 Å². The summed E-state index contributed by atoms with van der Waals surface area (Å²) in [4.78, 5) is 35.1. The number of allylic oxidation sites excluding steroid dienone is 1. The van der Waals surface area contributed by atoms with Crippen molar-refractivity contribution in [3.05, 3.63) is 105 Å². The summed E-state index contributed by atoms with van der Waals surface area (Å²) < 4.78 is 55.6. The molecular weight excluding hydrogens is 571 g/mol. The molecule has 43 heavy (non-hydrogen) atoms. The molecule has 222 valence electrons. The third kappa shape index (κ3) is 7.98. The van der Waals surface area contributed by atoms with Crippen molar-refractivity contribution < 1.29 is 41.9 Å². The SMILES string of the molecule is C=CCc1cc(/C=C(\C#N)C(=O)Nc2ccc(C(=O)OC)cc2)cc(OCC)c1Oc1ccc(C(F)(F)F)cc1[N+](=O)[O-]. The Balaban J connectivity index is 2.02. The van der Waals surface area contributed by atoms with Crippen LogP contribution in [0.5, 0.6) is 17.2 Å². The first-order valence-corrected chi connectivity index (χ1v) is 12.5. The van der Waals surface area contributed by atoms with Crippen LogP contribution < -0.4 is 14.8 Å². The number of ether oxygens (including phenoxy) is 3. The number of alkyl halides is 3. The molecule has 0 aliphatic heterocycles. The molecule has 13 heteroatoms. The highest BCUT2D eigenvalue weighted by molar-refractivity contribution is 6.09. The Labute approximate surface area is 243 Å². The number of nitro groups is 1. The lowest BCUT2D eigenvalue weighted by Crippen LogP contribution is -2.13. The van der Waals surface area contributed by atoms with Gasteiger partial charge in [0.1, 0.15) is 11.6 Å². The van der Waals surface area contributed by atoms with Crippen molar-refractivity contribution in [3.8, 4) is 23.3 Å². The van der Waals surface area contributed by atoms with Crippen LogP contribution >= 0.6 is 0 Å². The van der Waals surface area contributed by atoms with E-state index >= 15 is 0 Å². The third-order valence-corrected chi connectivity index (χ3v) is 5.75. The first-order chi connectivity index (χ1) is 20.4. The molecule has 1 amide bonds. The fourth-order valence-corrected chi connectivity index (χ4v) is 3.81. The van der Waals surface area contributed by atoms with Crippen LogP contribution in [-0.4, -0.2) is 30.5 Å². The van der Waals surface area contributed by atoms with E-state index in [-0.39, 0.29) is 35.7 Å². The first kappa shape index (κ1) is 31.9. The molecular formula is C30H24F3N3O7. The molecule has 0 radical (unpaired) electrons. The van der Waals surface area contributed by atoms with Gasteiger partial charge in [0.05, 0.1) is 29.8 Å². The van der Waals surface area contributed by atoms with Crippen LogP contribution in [0.4, 0.5) is 24.5 Å². The number of hydrogen-bond acceptors (Lipinski definition) is 8. The lowest BCUT2D eigenvalue weighted by Gasteiger charge is -2.17. The van der Waals surface area contributed by atoms with E-state index in [2.05, 4.69) is 16.6 Å². The van der Waals surface area contributed by atoms with E-state index in [9.17, 15) is 38.1 Å². The van der Waals surface area contributed by atoms with Crippen LogP contribution in [0.25, 0.3) is 6.08 Å².